The predicted octanol–water partition coefficient (Wildman–Crippen LogP) is 1.06. The Hall–Kier alpha value is -1.06. The average Bonchev–Trinajstić information content (AvgIpc) is 2.48. The van der Waals surface area contributed by atoms with Gasteiger partial charge in [-0.05, 0) is 25.7 Å². The smallest absolute Gasteiger partial charge is 0.224 e. The third-order valence-corrected chi connectivity index (χ3v) is 3.51. The molecule has 3 rings (SSSR count). The van der Waals surface area contributed by atoms with E-state index in [4.69, 9.17) is 0 Å². The molecule has 3 aliphatic heterocycles. The molecule has 4 heteroatoms. The zero-order valence-corrected chi connectivity index (χ0v) is 9.71. The minimum absolute atomic E-state index is 0.225. The molecule has 0 radical (unpaired) electrons. The first-order valence-electron chi connectivity index (χ1n) is 6.33. The fraction of sp³-hybridized carbons (Fsp3) is 0.833. The van der Waals surface area contributed by atoms with Gasteiger partial charge in [0.05, 0.1) is 0 Å². The number of nitrogens with one attached hydrogen (secondary N) is 1. The van der Waals surface area contributed by atoms with Crippen LogP contribution in [0.5, 0.6) is 0 Å². The van der Waals surface area contributed by atoms with Gasteiger partial charge in [0.15, 0.2) is 0 Å². The topological polar surface area (TPSA) is 49.4 Å². The first-order chi connectivity index (χ1) is 7.77. The van der Waals surface area contributed by atoms with Crippen LogP contribution in [0.3, 0.4) is 0 Å². The Balaban J connectivity index is 0.000000120. The van der Waals surface area contributed by atoms with E-state index in [1.165, 1.54) is 19.3 Å². The van der Waals surface area contributed by atoms with Gasteiger partial charge in [-0.2, -0.15) is 0 Å². The molecule has 0 saturated carbocycles. The van der Waals surface area contributed by atoms with Crippen molar-refractivity contribution in [3.05, 3.63) is 0 Å². The molecule has 3 aliphatic rings. The normalized spacial score (nSPS) is 28.2. The molecule has 3 fully saturated rings. The lowest BCUT2D eigenvalue weighted by atomic mass is 10.0. The summed E-state index contributed by atoms with van der Waals surface area (Å²) >= 11 is 0. The summed E-state index contributed by atoms with van der Waals surface area (Å²) in [5.41, 5.74) is 0. The quantitative estimate of drug-likeness (QED) is 0.625. The lowest BCUT2D eigenvalue weighted by Crippen LogP contribution is -2.47. The van der Waals surface area contributed by atoms with Crippen molar-refractivity contribution in [1.29, 1.82) is 0 Å². The number of rotatable bonds is 0. The Morgan fingerprint density at radius 2 is 2.00 bits per heavy atom. The lowest BCUT2D eigenvalue weighted by molar-refractivity contribution is -0.142. The van der Waals surface area contributed by atoms with E-state index in [9.17, 15) is 9.59 Å². The van der Waals surface area contributed by atoms with Crippen molar-refractivity contribution in [3.8, 4) is 0 Å². The third-order valence-electron chi connectivity index (χ3n) is 3.51. The van der Waals surface area contributed by atoms with Crippen molar-refractivity contribution in [2.75, 3.05) is 13.1 Å². The highest BCUT2D eigenvalue weighted by molar-refractivity contribution is 5.83. The maximum absolute atomic E-state index is 10.6. The largest absolute Gasteiger partial charge is 0.356 e. The molecule has 2 amide bonds. The van der Waals surface area contributed by atoms with E-state index in [1.807, 2.05) is 4.90 Å². The van der Waals surface area contributed by atoms with Gasteiger partial charge in [0.25, 0.3) is 0 Å². The molecule has 0 aromatic rings. The average molecular weight is 224 g/mol. The maximum atomic E-state index is 10.6. The highest BCUT2D eigenvalue weighted by atomic mass is 16.2. The minimum atomic E-state index is 0.225. The van der Waals surface area contributed by atoms with Gasteiger partial charge in [-0.15, -0.1) is 0 Å². The summed E-state index contributed by atoms with van der Waals surface area (Å²) in [5, 5.41) is 2.81. The number of amides is 2. The minimum Gasteiger partial charge on any atom is -0.356 e. The molecule has 3 heterocycles. The van der Waals surface area contributed by atoms with E-state index in [2.05, 4.69) is 5.32 Å². The van der Waals surface area contributed by atoms with Crippen LogP contribution in [0, 0.1) is 0 Å². The molecule has 16 heavy (non-hydrogen) atoms. The highest BCUT2D eigenvalue weighted by Gasteiger charge is 2.38. The van der Waals surface area contributed by atoms with Crippen LogP contribution >= 0.6 is 0 Å². The molecule has 1 atom stereocenters. The number of nitrogens with zero attached hydrogens (tertiary/aromatic N) is 1. The number of β-lactam (4-membered cyclic amide) rings is 1. The SMILES string of the molecule is O=C1CC2CCCN12.O=C1CCCCCN1. The summed E-state index contributed by atoms with van der Waals surface area (Å²) in [4.78, 5) is 23.2. The van der Waals surface area contributed by atoms with Gasteiger partial charge in [0.2, 0.25) is 11.8 Å². The van der Waals surface area contributed by atoms with Gasteiger partial charge >= 0.3 is 0 Å². The molecule has 4 nitrogen and oxygen atoms in total. The Morgan fingerprint density at radius 3 is 2.69 bits per heavy atom. The standard InChI is InChI=1S/C6H9NO.C6H11NO/c8-6-4-5-2-1-3-7(5)6;8-6-4-2-1-3-5-7-6/h5H,1-4H2;1-5H2,(H,7,8). The van der Waals surface area contributed by atoms with Gasteiger partial charge < -0.3 is 10.2 Å². The van der Waals surface area contributed by atoms with E-state index in [-0.39, 0.29) is 5.91 Å². The van der Waals surface area contributed by atoms with Crippen molar-refractivity contribution >= 4 is 11.8 Å². The van der Waals surface area contributed by atoms with E-state index in [1.54, 1.807) is 0 Å². The van der Waals surface area contributed by atoms with Crippen LogP contribution in [-0.4, -0.2) is 35.8 Å². The van der Waals surface area contributed by atoms with Crippen LogP contribution in [-0.2, 0) is 9.59 Å². The number of hydrogen-bond donors (Lipinski definition) is 1. The van der Waals surface area contributed by atoms with Crippen LogP contribution in [0.15, 0.2) is 0 Å². The van der Waals surface area contributed by atoms with E-state index >= 15 is 0 Å². The lowest BCUT2D eigenvalue weighted by Gasteiger charge is -2.33. The molecule has 0 aliphatic carbocycles. The zero-order valence-electron chi connectivity index (χ0n) is 9.71. The monoisotopic (exact) mass is 224 g/mol. The zero-order chi connectivity index (χ0) is 11.4. The summed E-state index contributed by atoms with van der Waals surface area (Å²) in [6.45, 7) is 1.92. The van der Waals surface area contributed by atoms with Gasteiger partial charge in [0, 0.05) is 32.0 Å². The van der Waals surface area contributed by atoms with Crippen LogP contribution in [0.1, 0.15) is 44.9 Å². The van der Waals surface area contributed by atoms with Gasteiger partial charge in [-0.3, -0.25) is 9.59 Å². The van der Waals surface area contributed by atoms with E-state index in [0.717, 1.165) is 38.8 Å². The molecular weight excluding hydrogens is 204 g/mol. The number of hydrogen-bond acceptors (Lipinski definition) is 2. The molecule has 0 aromatic heterocycles. The van der Waals surface area contributed by atoms with Crippen molar-refractivity contribution in [1.82, 2.24) is 10.2 Å². The van der Waals surface area contributed by atoms with Crippen LogP contribution < -0.4 is 5.32 Å². The molecule has 0 bridgehead atoms. The van der Waals surface area contributed by atoms with Crippen molar-refractivity contribution < 1.29 is 9.59 Å². The molecule has 1 unspecified atom stereocenters. The summed E-state index contributed by atoms with van der Waals surface area (Å²) in [5.74, 6) is 0.593. The van der Waals surface area contributed by atoms with E-state index < -0.39 is 0 Å². The van der Waals surface area contributed by atoms with Gasteiger partial charge in [0.1, 0.15) is 0 Å². The fourth-order valence-corrected chi connectivity index (χ4v) is 2.49. The number of fused-ring (bicyclic) bond motifs is 1. The second kappa shape index (κ2) is 5.32. The molecule has 0 spiro atoms. The second-order valence-corrected chi connectivity index (χ2v) is 4.75. The molecule has 0 aromatic carbocycles. The van der Waals surface area contributed by atoms with E-state index in [0.29, 0.717) is 11.9 Å². The maximum Gasteiger partial charge on any atom is 0.224 e. The number of carbonyl (C=O) groups excluding carboxylic acids is 2. The predicted molar refractivity (Wildman–Crippen MR) is 60.8 cm³/mol. The Bertz CT molecular complexity index is 261. The van der Waals surface area contributed by atoms with Crippen LogP contribution in [0.2, 0.25) is 0 Å². The van der Waals surface area contributed by atoms with Gasteiger partial charge in [-0.25, -0.2) is 0 Å². The number of carbonyl (C=O) groups is 2. The molecule has 1 N–H and O–H groups in total. The summed E-state index contributed by atoms with van der Waals surface area (Å²) in [6.07, 6.45) is 7.50. The van der Waals surface area contributed by atoms with Crippen LogP contribution in [0.25, 0.3) is 0 Å². The van der Waals surface area contributed by atoms with Crippen LogP contribution in [0.4, 0.5) is 0 Å². The third kappa shape index (κ3) is 2.74. The highest BCUT2D eigenvalue weighted by Crippen LogP contribution is 2.29. The van der Waals surface area contributed by atoms with Crippen molar-refractivity contribution in [3.63, 3.8) is 0 Å². The summed E-state index contributed by atoms with van der Waals surface area (Å²) < 4.78 is 0. The second-order valence-electron chi connectivity index (χ2n) is 4.75. The first-order valence-corrected chi connectivity index (χ1v) is 6.33. The fourth-order valence-electron chi connectivity index (χ4n) is 2.49. The molecule has 90 valence electrons. The molecule has 3 saturated heterocycles. The summed E-state index contributed by atoms with van der Waals surface area (Å²) in [6, 6.07) is 0.655. The van der Waals surface area contributed by atoms with Gasteiger partial charge in [-0.1, -0.05) is 6.42 Å². The van der Waals surface area contributed by atoms with Crippen molar-refractivity contribution in [2.24, 2.45) is 0 Å². The molecular formula is C12H20N2O2. The Morgan fingerprint density at radius 1 is 1.12 bits per heavy atom. The first kappa shape index (κ1) is 11.4. The van der Waals surface area contributed by atoms with Crippen molar-refractivity contribution in [2.45, 2.75) is 51.0 Å². The summed E-state index contributed by atoms with van der Waals surface area (Å²) in [7, 11) is 0. The Labute approximate surface area is 96.4 Å². The Kier molecular flexibility index (Phi) is 3.80.